The molecule has 11 heteroatoms. The molecule has 2 aromatic carbocycles. The second-order valence-corrected chi connectivity index (χ2v) is 9.25. The summed E-state index contributed by atoms with van der Waals surface area (Å²) in [5, 5.41) is 2.92. The first-order chi connectivity index (χ1) is 20.1. The van der Waals surface area contributed by atoms with Crippen molar-refractivity contribution >= 4 is 17.4 Å². The van der Waals surface area contributed by atoms with Gasteiger partial charge in [0.25, 0.3) is 5.91 Å². The molecule has 0 saturated carbocycles. The first-order valence-corrected chi connectivity index (χ1v) is 13.2. The number of carbonyl (C=O) groups excluding carboxylic acids is 1. The van der Waals surface area contributed by atoms with Crippen molar-refractivity contribution in [2.45, 2.75) is 6.54 Å². The molecule has 0 atom stereocenters. The number of carbonyl (C=O) groups is 1. The van der Waals surface area contributed by atoms with E-state index in [0.717, 1.165) is 24.5 Å². The lowest BCUT2D eigenvalue weighted by Gasteiger charge is -2.37. The summed E-state index contributed by atoms with van der Waals surface area (Å²) in [6, 6.07) is 15.1. The quantitative estimate of drug-likeness (QED) is 0.306. The van der Waals surface area contributed by atoms with E-state index in [0.29, 0.717) is 58.9 Å². The molecule has 4 aromatic rings. The maximum Gasteiger partial charge on any atom is 0.256 e. The molecule has 41 heavy (non-hydrogen) atoms. The number of nitrogens with one attached hydrogen (secondary N) is 1. The number of aromatic nitrogens is 2. The van der Waals surface area contributed by atoms with E-state index in [1.54, 1.807) is 59.1 Å². The minimum absolute atomic E-state index is 0.251. The summed E-state index contributed by atoms with van der Waals surface area (Å²) in [5.41, 5.74) is 2.07. The van der Waals surface area contributed by atoms with Crippen molar-refractivity contribution in [2.24, 2.45) is 0 Å². The van der Waals surface area contributed by atoms with Crippen LogP contribution in [0, 0.1) is 0 Å². The zero-order chi connectivity index (χ0) is 28.8. The molecule has 11 nitrogen and oxygen atoms in total. The fourth-order valence-electron chi connectivity index (χ4n) is 4.85. The Morgan fingerprint density at radius 1 is 0.878 bits per heavy atom. The molecule has 1 aliphatic rings. The first kappa shape index (κ1) is 27.6. The average molecular weight is 560 g/mol. The third kappa shape index (κ3) is 5.84. The van der Waals surface area contributed by atoms with Crippen molar-refractivity contribution in [1.29, 1.82) is 0 Å². The second-order valence-electron chi connectivity index (χ2n) is 9.25. The van der Waals surface area contributed by atoms with Crippen molar-refractivity contribution in [2.75, 3.05) is 64.4 Å². The summed E-state index contributed by atoms with van der Waals surface area (Å²) in [5.74, 6) is 3.59. The van der Waals surface area contributed by atoms with Gasteiger partial charge in [-0.3, -0.25) is 4.79 Å². The Morgan fingerprint density at radius 2 is 1.56 bits per heavy atom. The molecule has 1 saturated heterocycles. The molecular formula is C30H33N5O6. The van der Waals surface area contributed by atoms with E-state index in [1.165, 1.54) is 0 Å². The van der Waals surface area contributed by atoms with Crippen LogP contribution in [0.25, 0.3) is 11.4 Å². The van der Waals surface area contributed by atoms with Crippen molar-refractivity contribution in [3.63, 3.8) is 0 Å². The predicted molar refractivity (Wildman–Crippen MR) is 154 cm³/mol. The van der Waals surface area contributed by atoms with Crippen molar-refractivity contribution < 1.29 is 28.2 Å². The highest BCUT2D eigenvalue weighted by Gasteiger charge is 2.26. The molecule has 1 N–H and O–H groups in total. The Kier molecular flexibility index (Phi) is 8.42. The van der Waals surface area contributed by atoms with Crippen molar-refractivity contribution in [3.8, 4) is 34.4 Å². The zero-order valence-electron chi connectivity index (χ0n) is 23.5. The normalized spacial score (nSPS) is 13.1. The predicted octanol–water partition coefficient (Wildman–Crippen LogP) is 4.03. The highest BCUT2D eigenvalue weighted by Crippen LogP contribution is 2.41. The number of nitrogens with zero attached hydrogens (tertiary/aromatic N) is 4. The first-order valence-electron chi connectivity index (χ1n) is 13.2. The van der Waals surface area contributed by atoms with Gasteiger partial charge in [-0.05, 0) is 36.4 Å². The number of amides is 1. The number of para-hydroxylation sites is 2. The van der Waals surface area contributed by atoms with Gasteiger partial charge in [0, 0.05) is 37.9 Å². The van der Waals surface area contributed by atoms with Crippen LogP contribution in [0.1, 0.15) is 16.1 Å². The van der Waals surface area contributed by atoms with Gasteiger partial charge in [0.15, 0.2) is 17.3 Å². The molecule has 3 heterocycles. The lowest BCUT2D eigenvalue weighted by Crippen LogP contribution is -2.47. The summed E-state index contributed by atoms with van der Waals surface area (Å²) in [7, 11) is 6.34. The number of hydrogen-bond donors (Lipinski definition) is 1. The Morgan fingerprint density at radius 3 is 2.20 bits per heavy atom. The SMILES string of the molecule is COc1ccccc1N1CCN(c2nc(-c3cc(OC)c(OC)c(OC)c3)ncc2C(=O)NCc2ccco2)CC1. The van der Waals surface area contributed by atoms with E-state index in [9.17, 15) is 4.79 Å². The smallest absolute Gasteiger partial charge is 0.256 e. The molecule has 0 aliphatic carbocycles. The number of anilines is 2. The van der Waals surface area contributed by atoms with Gasteiger partial charge in [-0.2, -0.15) is 0 Å². The standard InChI is InChI=1S/C30H33N5O6/c1-37-24-10-6-5-9-23(24)34-11-13-35(14-12-34)29-22(30(36)32-18-21-8-7-15-41-21)19-31-28(33-29)20-16-25(38-2)27(40-4)26(17-20)39-3/h5-10,15-17,19H,11-14,18H2,1-4H3,(H,32,36). The van der Waals surface area contributed by atoms with E-state index in [2.05, 4.69) is 26.2 Å². The van der Waals surface area contributed by atoms with Gasteiger partial charge in [-0.15, -0.1) is 0 Å². The summed E-state index contributed by atoms with van der Waals surface area (Å²) in [6.07, 6.45) is 3.13. The topological polar surface area (TPSA) is 111 Å². The molecule has 1 amide bonds. The minimum Gasteiger partial charge on any atom is -0.495 e. The van der Waals surface area contributed by atoms with Crippen LogP contribution in [0.5, 0.6) is 23.0 Å². The molecule has 5 rings (SSSR count). The maximum atomic E-state index is 13.4. The number of benzene rings is 2. The minimum atomic E-state index is -0.292. The van der Waals surface area contributed by atoms with Gasteiger partial charge < -0.3 is 38.5 Å². The fourth-order valence-corrected chi connectivity index (χ4v) is 4.85. The molecule has 0 bridgehead atoms. The highest BCUT2D eigenvalue weighted by molar-refractivity contribution is 5.99. The third-order valence-corrected chi connectivity index (χ3v) is 6.94. The van der Waals surface area contributed by atoms with Crippen LogP contribution >= 0.6 is 0 Å². The number of furan rings is 1. The molecule has 214 valence electrons. The lowest BCUT2D eigenvalue weighted by atomic mass is 10.1. The second kappa shape index (κ2) is 12.5. The van der Waals surface area contributed by atoms with Gasteiger partial charge in [-0.25, -0.2) is 9.97 Å². The van der Waals surface area contributed by atoms with Crippen molar-refractivity contribution in [3.05, 3.63) is 72.3 Å². The number of rotatable bonds is 10. The van der Waals surface area contributed by atoms with Crippen LogP contribution in [0.2, 0.25) is 0 Å². The van der Waals surface area contributed by atoms with E-state index in [1.807, 2.05) is 24.3 Å². The number of piperazine rings is 1. The fraction of sp³-hybridized carbons (Fsp3) is 0.300. The Balaban J connectivity index is 1.47. The number of ether oxygens (including phenoxy) is 4. The molecule has 1 aliphatic heterocycles. The zero-order valence-corrected chi connectivity index (χ0v) is 23.5. The van der Waals surface area contributed by atoms with Crippen LogP contribution in [0.15, 0.2) is 65.4 Å². The summed E-state index contributed by atoms with van der Waals surface area (Å²) < 4.78 is 27.5. The van der Waals surface area contributed by atoms with Gasteiger partial charge in [-0.1, -0.05) is 12.1 Å². The van der Waals surface area contributed by atoms with Crippen LogP contribution in [-0.2, 0) is 6.54 Å². The van der Waals surface area contributed by atoms with Crippen molar-refractivity contribution in [1.82, 2.24) is 15.3 Å². The summed E-state index contributed by atoms with van der Waals surface area (Å²) in [6.45, 7) is 2.97. The van der Waals surface area contributed by atoms with E-state index in [4.69, 9.17) is 28.3 Å². The van der Waals surface area contributed by atoms with Gasteiger partial charge in [0.05, 0.1) is 46.9 Å². The Bertz CT molecular complexity index is 1460. The van der Waals surface area contributed by atoms with Gasteiger partial charge in [0.1, 0.15) is 22.9 Å². The third-order valence-electron chi connectivity index (χ3n) is 6.94. The molecule has 1 fully saturated rings. The van der Waals surface area contributed by atoms with Crippen LogP contribution in [0.4, 0.5) is 11.5 Å². The molecule has 0 radical (unpaired) electrons. The largest absolute Gasteiger partial charge is 0.495 e. The van der Waals surface area contributed by atoms with Crippen LogP contribution in [0.3, 0.4) is 0 Å². The Labute approximate surface area is 238 Å². The molecule has 2 aromatic heterocycles. The highest BCUT2D eigenvalue weighted by atomic mass is 16.5. The number of hydrogen-bond acceptors (Lipinski definition) is 10. The van der Waals surface area contributed by atoms with E-state index >= 15 is 0 Å². The monoisotopic (exact) mass is 559 g/mol. The number of methoxy groups -OCH3 is 4. The molecule has 0 unspecified atom stereocenters. The summed E-state index contributed by atoms with van der Waals surface area (Å²) >= 11 is 0. The lowest BCUT2D eigenvalue weighted by molar-refractivity contribution is 0.0948. The van der Waals surface area contributed by atoms with Crippen LogP contribution in [-0.4, -0.2) is 70.5 Å². The van der Waals surface area contributed by atoms with E-state index in [-0.39, 0.29) is 12.5 Å². The molecule has 0 spiro atoms. The summed E-state index contributed by atoms with van der Waals surface area (Å²) in [4.78, 5) is 27.2. The molecular weight excluding hydrogens is 526 g/mol. The van der Waals surface area contributed by atoms with Gasteiger partial charge >= 0.3 is 0 Å². The average Bonchev–Trinajstić information content (AvgIpc) is 3.56. The van der Waals surface area contributed by atoms with Gasteiger partial charge in [0.2, 0.25) is 5.75 Å². The maximum absolute atomic E-state index is 13.4. The van der Waals surface area contributed by atoms with Crippen LogP contribution < -0.4 is 34.1 Å². The van der Waals surface area contributed by atoms with E-state index < -0.39 is 0 Å². The Hall–Kier alpha value is -4.93.